The summed E-state index contributed by atoms with van der Waals surface area (Å²) in [5.74, 6) is 0. The fourth-order valence-corrected chi connectivity index (χ4v) is 2.89. The maximum atomic E-state index is 2.25. The molecule has 0 nitrogen and oxygen atoms in total. The monoisotopic (exact) mass is 290 g/mol. The normalized spacial score (nSPS) is 11.8. The summed E-state index contributed by atoms with van der Waals surface area (Å²) in [6.07, 6.45) is 4.35. The number of hydrogen-bond acceptors (Lipinski definition) is 1. The van der Waals surface area contributed by atoms with Crippen LogP contribution in [-0.2, 0) is 0 Å². The maximum Gasteiger partial charge on any atom is 0.00695 e. The molecule has 0 radical (unpaired) electrons. The molecule has 3 rings (SSSR count). The minimum Gasteiger partial charge on any atom is -0.130 e. The Morgan fingerprint density at radius 2 is 1.57 bits per heavy atom. The molecule has 0 heterocycles. The third-order valence-electron chi connectivity index (χ3n) is 3.70. The van der Waals surface area contributed by atoms with Gasteiger partial charge in [-0.3, -0.25) is 0 Å². The van der Waals surface area contributed by atoms with E-state index in [1.54, 1.807) is 11.8 Å². The van der Waals surface area contributed by atoms with Crippen LogP contribution in [0.15, 0.2) is 71.6 Å². The molecule has 21 heavy (non-hydrogen) atoms. The third-order valence-corrected chi connectivity index (χ3v) is 4.45. The molecule has 0 aliphatic rings. The van der Waals surface area contributed by atoms with Gasteiger partial charge in [0.1, 0.15) is 0 Å². The van der Waals surface area contributed by atoms with Gasteiger partial charge in [0.2, 0.25) is 0 Å². The first-order valence-electron chi connectivity index (χ1n) is 7.08. The molecule has 0 fully saturated rings. The molecule has 104 valence electrons. The van der Waals surface area contributed by atoms with Crippen molar-refractivity contribution >= 4 is 34.2 Å². The van der Waals surface area contributed by atoms with Gasteiger partial charge >= 0.3 is 0 Å². The number of thioether (sulfide) groups is 1. The minimum absolute atomic E-state index is 1.25. The van der Waals surface area contributed by atoms with Crippen LogP contribution in [0.5, 0.6) is 0 Å². The van der Waals surface area contributed by atoms with Gasteiger partial charge in [-0.15, -0.1) is 11.8 Å². The highest BCUT2D eigenvalue weighted by Crippen LogP contribution is 2.23. The van der Waals surface area contributed by atoms with Gasteiger partial charge in [-0.2, -0.15) is 0 Å². The predicted octanol–water partition coefficient (Wildman–Crippen LogP) is 6.12. The van der Waals surface area contributed by atoms with Crippen molar-refractivity contribution in [2.75, 3.05) is 6.26 Å². The molecule has 3 aromatic carbocycles. The van der Waals surface area contributed by atoms with E-state index >= 15 is 0 Å². The number of fused-ring (bicyclic) bond motifs is 1. The van der Waals surface area contributed by atoms with E-state index in [2.05, 4.69) is 86.0 Å². The van der Waals surface area contributed by atoms with E-state index in [1.807, 2.05) is 0 Å². The van der Waals surface area contributed by atoms with Crippen LogP contribution in [0.2, 0.25) is 0 Å². The zero-order chi connectivity index (χ0) is 14.7. The lowest BCUT2D eigenvalue weighted by Gasteiger charge is -2.05. The largest absolute Gasteiger partial charge is 0.130 e. The summed E-state index contributed by atoms with van der Waals surface area (Å²) in [4.78, 5) is 1.30. The van der Waals surface area contributed by atoms with Crippen molar-refractivity contribution in [3.8, 4) is 0 Å². The van der Waals surface area contributed by atoms with Gasteiger partial charge in [0, 0.05) is 4.90 Å². The minimum atomic E-state index is 1.25. The lowest BCUT2D eigenvalue weighted by atomic mass is 10.0. The fourth-order valence-electron chi connectivity index (χ4n) is 2.48. The molecule has 0 atom stereocenters. The highest BCUT2D eigenvalue weighted by atomic mass is 32.2. The molecule has 0 aliphatic carbocycles. The van der Waals surface area contributed by atoms with Crippen molar-refractivity contribution in [1.82, 2.24) is 0 Å². The summed E-state index contributed by atoms with van der Waals surface area (Å²) in [7, 11) is 0. The second kappa shape index (κ2) is 6.19. The van der Waals surface area contributed by atoms with Gasteiger partial charge in [0.25, 0.3) is 0 Å². The van der Waals surface area contributed by atoms with Crippen LogP contribution in [0.3, 0.4) is 0 Å². The number of allylic oxidation sites excluding steroid dienone is 1. The molecule has 0 bridgehead atoms. The molecule has 0 spiro atoms. The number of rotatable bonds is 3. The van der Waals surface area contributed by atoms with E-state index in [4.69, 9.17) is 0 Å². The summed E-state index contributed by atoms with van der Waals surface area (Å²) < 4.78 is 0. The topological polar surface area (TPSA) is 0 Å². The molecule has 0 aromatic heterocycles. The van der Waals surface area contributed by atoms with Crippen molar-refractivity contribution < 1.29 is 0 Å². The van der Waals surface area contributed by atoms with Crippen LogP contribution in [-0.4, -0.2) is 6.26 Å². The zero-order valence-electron chi connectivity index (χ0n) is 12.3. The Morgan fingerprint density at radius 3 is 2.29 bits per heavy atom. The Hall–Kier alpha value is -1.99. The first kappa shape index (κ1) is 14.0. The maximum absolute atomic E-state index is 2.25. The highest BCUT2D eigenvalue weighted by molar-refractivity contribution is 7.98. The van der Waals surface area contributed by atoms with Gasteiger partial charge in [-0.1, -0.05) is 54.6 Å². The standard InChI is InChI=1S/C20H18S/c1-15(17-9-11-20(21-2)12-10-17)13-16-7-8-18-5-3-4-6-19(18)14-16/h3-14H,1-2H3. The van der Waals surface area contributed by atoms with Crippen LogP contribution in [0.4, 0.5) is 0 Å². The average molecular weight is 290 g/mol. The molecular formula is C20H18S. The van der Waals surface area contributed by atoms with Crippen LogP contribution in [0.1, 0.15) is 18.1 Å². The van der Waals surface area contributed by atoms with E-state index < -0.39 is 0 Å². The molecule has 0 saturated heterocycles. The van der Waals surface area contributed by atoms with Crippen LogP contribution >= 0.6 is 11.8 Å². The Bertz CT molecular complexity index is 782. The third kappa shape index (κ3) is 3.20. The molecule has 0 amide bonds. The molecule has 3 aromatic rings. The Kier molecular flexibility index (Phi) is 4.12. The molecule has 0 aliphatic heterocycles. The SMILES string of the molecule is CSc1ccc(C(C)=Cc2ccc3ccccc3c2)cc1. The van der Waals surface area contributed by atoms with E-state index in [0.29, 0.717) is 0 Å². The lowest BCUT2D eigenvalue weighted by molar-refractivity contribution is 1.43. The predicted molar refractivity (Wildman–Crippen MR) is 95.7 cm³/mol. The summed E-state index contributed by atoms with van der Waals surface area (Å²) >= 11 is 1.78. The fraction of sp³-hybridized carbons (Fsp3) is 0.100. The molecule has 0 N–H and O–H groups in total. The summed E-state index contributed by atoms with van der Waals surface area (Å²) in [6.45, 7) is 2.17. The smallest absolute Gasteiger partial charge is 0.00695 e. The van der Waals surface area contributed by atoms with Crippen molar-refractivity contribution in [3.05, 3.63) is 77.9 Å². The van der Waals surface area contributed by atoms with E-state index in [1.165, 1.54) is 32.4 Å². The van der Waals surface area contributed by atoms with Crippen molar-refractivity contribution in [1.29, 1.82) is 0 Å². The Balaban J connectivity index is 1.94. The highest BCUT2D eigenvalue weighted by Gasteiger charge is 1.98. The van der Waals surface area contributed by atoms with Gasteiger partial charge in [-0.05, 0) is 58.9 Å². The summed E-state index contributed by atoms with van der Waals surface area (Å²) in [6, 6.07) is 23.8. The van der Waals surface area contributed by atoms with Crippen LogP contribution in [0, 0.1) is 0 Å². The van der Waals surface area contributed by atoms with Gasteiger partial charge in [0.15, 0.2) is 0 Å². The van der Waals surface area contributed by atoms with Crippen LogP contribution < -0.4 is 0 Å². The van der Waals surface area contributed by atoms with E-state index in [-0.39, 0.29) is 0 Å². The van der Waals surface area contributed by atoms with Gasteiger partial charge in [-0.25, -0.2) is 0 Å². The summed E-state index contributed by atoms with van der Waals surface area (Å²) in [5, 5.41) is 2.58. The van der Waals surface area contributed by atoms with Crippen molar-refractivity contribution in [2.45, 2.75) is 11.8 Å². The van der Waals surface area contributed by atoms with Gasteiger partial charge < -0.3 is 0 Å². The van der Waals surface area contributed by atoms with Crippen molar-refractivity contribution in [3.63, 3.8) is 0 Å². The van der Waals surface area contributed by atoms with E-state index in [9.17, 15) is 0 Å². The molecule has 1 heteroatoms. The number of hydrogen-bond donors (Lipinski definition) is 0. The second-order valence-electron chi connectivity index (χ2n) is 5.16. The first-order valence-corrected chi connectivity index (χ1v) is 8.30. The van der Waals surface area contributed by atoms with Crippen molar-refractivity contribution in [2.24, 2.45) is 0 Å². The molecule has 0 unspecified atom stereocenters. The quantitative estimate of drug-likeness (QED) is 0.413. The van der Waals surface area contributed by atoms with Gasteiger partial charge in [0.05, 0.1) is 0 Å². The first-order chi connectivity index (χ1) is 10.3. The lowest BCUT2D eigenvalue weighted by Crippen LogP contribution is -1.81. The molecule has 0 saturated carbocycles. The Labute approximate surface area is 130 Å². The number of benzene rings is 3. The average Bonchev–Trinajstić information content (AvgIpc) is 2.55. The zero-order valence-corrected chi connectivity index (χ0v) is 13.2. The summed E-state index contributed by atoms with van der Waals surface area (Å²) in [5.41, 5.74) is 3.82. The molecular weight excluding hydrogens is 272 g/mol. The van der Waals surface area contributed by atoms with Crippen LogP contribution in [0.25, 0.3) is 22.4 Å². The Morgan fingerprint density at radius 1 is 0.857 bits per heavy atom. The second-order valence-corrected chi connectivity index (χ2v) is 6.04. The van der Waals surface area contributed by atoms with E-state index in [0.717, 1.165) is 0 Å².